The van der Waals surface area contributed by atoms with Crippen molar-refractivity contribution in [2.24, 2.45) is 0 Å². The van der Waals surface area contributed by atoms with Crippen molar-refractivity contribution in [1.29, 1.82) is 0 Å². The minimum Gasteiger partial charge on any atom is -0.444 e. The van der Waals surface area contributed by atoms with Gasteiger partial charge in [-0.1, -0.05) is 35.9 Å². The van der Waals surface area contributed by atoms with E-state index >= 15 is 0 Å². The topological polar surface area (TPSA) is 76.5 Å². The van der Waals surface area contributed by atoms with Gasteiger partial charge in [-0.3, -0.25) is 4.79 Å². The number of likely N-dealkylation sites (tertiary alicyclic amines) is 1. The van der Waals surface area contributed by atoms with Gasteiger partial charge in [0.1, 0.15) is 5.60 Å². The van der Waals surface area contributed by atoms with Crippen molar-refractivity contribution in [2.45, 2.75) is 65.9 Å². The average Bonchev–Trinajstić information content (AvgIpc) is 3.24. The molecule has 2 amide bonds. The number of hydrogen-bond donors (Lipinski definition) is 1. The van der Waals surface area contributed by atoms with Crippen molar-refractivity contribution in [3.63, 3.8) is 0 Å². The van der Waals surface area contributed by atoms with Crippen LogP contribution in [-0.2, 0) is 4.74 Å². The highest BCUT2D eigenvalue weighted by Gasteiger charge is 2.32. The van der Waals surface area contributed by atoms with Gasteiger partial charge >= 0.3 is 6.09 Å². The molecule has 7 nitrogen and oxygen atoms in total. The van der Waals surface area contributed by atoms with Crippen LogP contribution in [0.15, 0.2) is 48.7 Å². The molecule has 0 radical (unpaired) electrons. The van der Waals surface area contributed by atoms with E-state index in [0.29, 0.717) is 18.7 Å². The van der Waals surface area contributed by atoms with E-state index in [9.17, 15) is 9.59 Å². The van der Waals surface area contributed by atoms with Crippen LogP contribution in [-0.4, -0.2) is 45.4 Å². The third kappa shape index (κ3) is 5.61. The van der Waals surface area contributed by atoms with Gasteiger partial charge in [-0.15, -0.1) is 0 Å². The Morgan fingerprint density at radius 3 is 2.33 bits per heavy atom. The molecule has 0 unspecified atom stereocenters. The summed E-state index contributed by atoms with van der Waals surface area (Å²) < 4.78 is 7.48. The summed E-state index contributed by atoms with van der Waals surface area (Å²) in [5.41, 5.74) is 5.93. The van der Waals surface area contributed by atoms with Crippen LogP contribution in [0.2, 0.25) is 0 Å². The lowest BCUT2D eigenvalue weighted by Crippen LogP contribution is -2.41. The molecule has 7 heteroatoms. The molecule has 2 aromatic carbocycles. The van der Waals surface area contributed by atoms with Crippen molar-refractivity contribution >= 4 is 17.7 Å². The van der Waals surface area contributed by atoms with E-state index in [-0.39, 0.29) is 17.9 Å². The molecule has 0 aliphatic carbocycles. The number of benzene rings is 2. The summed E-state index contributed by atoms with van der Waals surface area (Å²) in [6, 6.07) is 14.0. The highest BCUT2D eigenvalue weighted by Crippen LogP contribution is 2.34. The van der Waals surface area contributed by atoms with Gasteiger partial charge in [-0.2, -0.15) is 5.10 Å². The van der Waals surface area contributed by atoms with Gasteiger partial charge in [0.2, 0.25) is 0 Å². The van der Waals surface area contributed by atoms with Crippen LogP contribution in [0.1, 0.15) is 72.3 Å². The van der Waals surface area contributed by atoms with Gasteiger partial charge in [-0.05, 0) is 77.6 Å². The summed E-state index contributed by atoms with van der Waals surface area (Å²) in [7, 11) is 0. The minimum atomic E-state index is -0.531. The normalized spacial score (nSPS) is 14.6. The first-order valence-electron chi connectivity index (χ1n) is 12.5. The molecule has 0 atom stereocenters. The van der Waals surface area contributed by atoms with Crippen LogP contribution in [0.5, 0.6) is 0 Å². The van der Waals surface area contributed by atoms with Crippen LogP contribution < -0.4 is 5.32 Å². The first kappa shape index (κ1) is 25.5. The average molecular weight is 489 g/mol. The zero-order valence-electron chi connectivity index (χ0n) is 22.1. The number of nitrogens with zero attached hydrogens (tertiary/aromatic N) is 3. The van der Waals surface area contributed by atoms with E-state index in [0.717, 1.165) is 41.0 Å². The number of amides is 2. The summed E-state index contributed by atoms with van der Waals surface area (Å²) >= 11 is 0. The number of carbonyl (C=O) groups is 2. The third-order valence-electron chi connectivity index (χ3n) is 6.56. The van der Waals surface area contributed by atoms with E-state index in [4.69, 9.17) is 9.84 Å². The number of hydrogen-bond acceptors (Lipinski definition) is 4. The summed E-state index contributed by atoms with van der Waals surface area (Å²) in [5.74, 6) is -0.102. The molecular formula is C29H36N4O3. The fraction of sp³-hybridized carbons (Fsp3) is 0.414. The van der Waals surface area contributed by atoms with E-state index in [2.05, 4.69) is 37.4 Å². The van der Waals surface area contributed by atoms with Crippen molar-refractivity contribution in [3.8, 4) is 5.69 Å². The first-order valence-corrected chi connectivity index (χ1v) is 12.5. The Morgan fingerprint density at radius 2 is 1.69 bits per heavy atom. The number of anilines is 1. The van der Waals surface area contributed by atoms with Gasteiger partial charge in [0, 0.05) is 24.7 Å². The molecule has 1 aromatic heterocycles. The molecule has 1 aliphatic heterocycles. The summed E-state index contributed by atoms with van der Waals surface area (Å²) in [4.78, 5) is 27.9. The Labute approximate surface area is 213 Å². The summed E-state index contributed by atoms with van der Waals surface area (Å²) in [6.07, 6.45) is 2.82. The maximum Gasteiger partial charge on any atom is 0.410 e. The van der Waals surface area contributed by atoms with E-state index < -0.39 is 5.60 Å². The SMILES string of the molecule is Cc1ccc(-n2ncc(C(=O)Nc3ccccc3C)c2C2CCN(C(=O)OC(C)(C)C)CC2)c(C)c1. The third-order valence-corrected chi connectivity index (χ3v) is 6.56. The molecule has 4 rings (SSSR count). The Morgan fingerprint density at radius 1 is 1.00 bits per heavy atom. The number of rotatable bonds is 4. The number of para-hydroxylation sites is 1. The molecule has 0 saturated carbocycles. The molecule has 1 aliphatic rings. The second-order valence-corrected chi connectivity index (χ2v) is 10.7. The van der Waals surface area contributed by atoms with Crippen LogP contribution >= 0.6 is 0 Å². The lowest BCUT2D eigenvalue weighted by Gasteiger charge is -2.34. The van der Waals surface area contributed by atoms with Crippen LogP contribution in [0.4, 0.5) is 10.5 Å². The van der Waals surface area contributed by atoms with Crippen molar-refractivity contribution in [3.05, 3.63) is 76.6 Å². The van der Waals surface area contributed by atoms with E-state index in [1.807, 2.05) is 56.6 Å². The van der Waals surface area contributed by atoms with E-state index in [1.54, 1.807) is 11.1 Å². The zero-order valence-corrected chi connectivity index (χ0v) is 22.1. The smallest absolute Gasteiger partial charge is 0.410 e. The number of aryl methyl sites for hydroxylation is 3. The Kier molecular flexibility index (Phi) is 7.20. The van der Waals surface area contributed by atoms with Crippen molar-refractivity contribution in [2.75, 3.05) is 18.4 Å². The van der Waals surface area contributed by atoms with Gasteiger partial charge in [-0.25, -0.2) is 9.48 Å². The monoisotopic (exact) mass is 488 g/mol. The minimum absolute atomic E-state index is 0.0736. The number of aromatic nitrogens is 2. The fourth-order valence-corrected chi connectivity index (χ4v) is 4.73. The van der Waals surface area contributed by atoms with Crippen molar-refractivity contribution < 1.29 is 14.3 Å². The predicted molar refractivity (Wildman–Crippen MR) is 142 cm³/mol. The molecule has 190 valence electrons. The van der Waals surface area contributed by atoms with Gasteiger partial charge in [0.25, 0.3) is 5.91 Å². The molecule has 1 saturated heterocycles. The molecule has 1 N–H and O–H groups in total. The Hall–Kier alpha value is -3.61. The fourth-order valence-electron chi connectivity index (χ4n) is 4.73. The molecule has 0 spiro atoms. The maximum absolute atomic E-state index is 13.5. The molecule has 3 aromatic rings. The highest BCUT2D eigenvalue weighted by molar-refractivity contribution is 6.05. The molecular weight excluding hydrogens is 452 g/mol. The van der Waals surface area contributed by atoms with Crippen LogP contribution in [0.25, 0.3) is 5.69 Å². The second-order valence-electron chi connectivity index (χ2n) is 10.7. The summed E-state index contributed by atoms with van der Waals surface area (Å²) in [6.45, 7) is 12.9. The molecule has 2 heterocycles. The van der Waals surface area contributed by atoms with E-state index in [1.165, 1.54) is 5.56 Å². The van der Waals surface area contributed by atoms with Gasteiger partial charge < -0.3 is 15.0 Å². The summed E-state index contributed by atoms with van der Waals surface area (Å²) in [5, 5.41) is 7.76. The van der Waals surface area contributed by atoms with Gasteiger partial charge in [0.15, 0.2) is 0 Å². The predicted octanol–water partition coefficient (Wildman–Crippen LogP) is 6.16. The quantitative estimate of drug-likeness (QED) is 0.477. The molecule has 1 fully saturated rings. The maximum atomic E-state index is 13.5. The highest BCUT2D eigenvalue weighted by atomic mass is 16.6. The standard InChI is InChI=1S/C29H36N4O3/c1-19-11-12-25(21(3)17-19)33-26(22-13-15-32(16-14-22)28(35)36-29(4,5)6)23(18-30-33)27(34)31-24-10-8-7-9-20(24)2/h7-12,17-18,22H,13-16H2,1-6H3,(H,31,34). The van der Waals surface area contributed by atoms with Gasteiger partial charge in [0.05, 0.1) is 23.1 Å². The first-order chi connectivity index (χ1) is 17.0. The molecule has 0 bridgehead atoms. The molecule has 36 heavy (non-hydrogen) atoms. The number of carbonyl (C=O) groups excluding carboxylic acids is 2. The Bertz CT molecular complexity index is 1260. The lowest BCUT2D eigenvalue weighted by atomic mass is 9.90. The second kappa shape index (κ2) is 10.2. The van der Waals surface area contributed by atoms with Crippen LogP contribution in [0, 0.1) is 20.8 Å². The Balaban J connectivity index is 1.65. The lowest BCUT2D eigenvalue weighted by molar-refractivity contribution is 0.0203. The largest absolute Gasteiger partial charge is 0.444 e. The number of nitrogens with one attached hydrogen (secondary N) is 1. The van der Waals surface area contributed by atoms with Crippen LogP contribution in [0.3, 0.4) is 0 Å². The number of piperidine rings is 1. The zero-order chi connectivity index (χ0) is 26.0. The van der Waals surface area contributed by atoms with Crippen molar-refractivity contribution in [1.82, 2.24) is 14.7 Å². The number of ether oxygens (including phenoxy) is 1.